The van der Waals surface area contributed by atoms with Crippen LogP contribution in [-0.4, -0.2) is 34.6 Å². The van der Waals surface area contributed by atoms with Gasteiger partial charge in [0.25, 0.3) is 0 Å². The second-order valence-electron chi connectivity index (χ2n) is 5.57. The Kier molecular flexibility index (Phi) is 3.84. The molecule has 0 radical (unpaired) electrons. The van der Waals surface area contributed by atoms with Crippen molar-refractivity contribution in [1.29, 1.82) is 0 Å². The van der Waals surface area contributed by atoms with Crippen LogP contribution >= 0.6 is 24.2 Å². The number of rotatable bonds is 4. The van der Waals surface area contributed by atoms with Gasteiger partial charge in [-0.05, 0) is 30.9 Å². The zero-order chi connectivity index (χ0) is 14.2. The molecule has 1 aromatic carbocycles. The van der Waals surface area contributed by atoms with Crippen LogP contribution in [0.1, 0.15) is 18.4 Å². The average Bonchev–Trinajstić information content (AvgIpc) is 2.84. The molecule has 0 spiro atoms. The fourth-order valence-electron chi connectivity index (χ4n) is 2.92. The minimum atomic E-state index is -0.310. The number of benzene rings is 1. The minimum absolute atomic E-state index is 0.120. The molecular weight excluding hydrogens is 294 g/mol. The lowest BCUT2D eigenvalue weighted by Crippen LogP contribution is -2.54. The number of hydrazone groups is 1. The molecular formula is C14H18ClN3OS. The van der Waals surface area contributed by atoms with Crippen LogP contribution in [0, 0.1) is 5.41 Å². The maximum absolute atomic E-state index is 10.3. The van der Waals surface area contributed by atoms with E-state index in [1.165, 1.54) is 0 Å². The van der Waals surface area contributed by atoms with Crippen molar-refractivity contribution in [3.63, 3.8) is 0 Å². The third-order valence-corrected chi connectivity index (χ3v) is 5.10. The van der Waals surface area contributed by atoms with Crippen LogP contribution in [0.5, 0.6) is 0 Å². The third-order valence-electron chi connectivity index (χ3n) is 4.31. The van der Waals surface area contributed by atoms with Crippen molar-refractivity contribution in [3.05, 3.63) is 34.9 Å². The summed E-state index contributed by atoms with van der Waals surface area (Å²) in [5.41, 5.74) is 0.778. The lowest BCUT2D eigenvalue weighted by molar-refractivity contribution is -0.0832. The van der Waals surface area contributed by atoms with Crippen LogP contribution in [0.3, 0.4) is 0 Å². The van der Waals surface area contributed by atoms with Gasteiger partial charge in [0, 0.05) is 17.0 Å². The smallest absolute Gasteiger partial charge is 0.161 e. The number of nitrogens with one attached hydrogen (secondary N) is 1. The Labute approximate surface area is 129 Å². The van der Waals surface area contributed by atoms with Crippen molar-refractivity contribution < 1.29 is 5.11 Å². The van der Waals surface area contributed by atoms with E-state index in [1.807, 2.05) is 29.3 Å². The van der Waals surface area contributed by atoms with E-state index in [4.69, 9.17) is 11.6 Å². The van der Waals surface area contributed by atoms with E-state index >= 15 is 0 Å². The van der Waals surface area contributed by atoms with Gasteiger partial charge in [0.05, 0.1) is 6.10 Å². The first-order valence-corrected chi connectivity index (χ1v) is 7.65. The second kappa shape index (κ2) is 5.47. The van der Waals surface area contributed by atoms with Gasteiger partial charge in [0.15, 0.2) is 5.50 Å². The summed E-state index contributed by atoms with van der Waals surface area (Å²) in [6, 6.07) is 7.83. The van der Waals surface area contributed by atoms with E-state index in [-0.39, 0.29) is 17.0 Å². The van der Waals surface area contributed by atoms with Crippen molar-refractivity contribution in [1.82, 2.24) is 10.3 Å². The van der Waals surface area contributed by atoms with Gasteiger partial charge in [-0.1, -0.05) is 29.8 Å². The fraction of sp³-hybridized carbons (Fsp3) is 0.500. The summed E-state index contributed by atoms with van der Waals surface area (Å²) >= 11 is 10.7. The van der Waals surface area contributed by atoms with Crippen LogP contribution in [0.4, 0.5) is 0 Å². The first-order chi connectivity index (χ1) is 9.61. The Morgan fingerprint density at radius 1 is 1.50 bits per heavy atom. The van der Waals surface area contributed by atoms with Gasteiger partial charge < -0.3 is 10.4 Å². The van der Waals surface area contributed by atoms with Crippen LogP contribution in [0.25, 0.3) is 0 Å². The van der Waals surface area contributed by atoms with Gasteiger partial charge in [-0.2, -0.15) is 5.10 Å². The Morgan fingerprint density at radius 3 is 2.85 bits per heavy atom. The van der Waals surface area contributed by atoms with Gasteiger partial charge in [0.1, 0.15) is 6.34 Å². The van der Waals surface area contributed by atoms with Gasteiger partial charge in [-0.15, -0.1) is 12.6 Å². The Bertz CT molecular complexity index is 527. The highest BCUT2D eigenvalue weighted by Gasteiger charge is 2.48. The summed E-state index contributed by atoms with van der Waals surface area (Å²) in [4.78, 5) is 0. The van der Waals surface area contributed by atoms with Crippen molar-refractivity contribution in [2.45, 2.75) is 30.9 Å². The molecule has 0 aromatic heterocycles. The van der Waals surface area contributed by atoms with Gasteiger partial charge >= 0.3 is 0 Å². The predicted molar refractivity (Wildman–Crippen MR) is 83.9 cm³/mol. The summed E-state index contributed by atoms with van der Waals surface area (Å²) in [7, 11) is 0. The number of aliphatic hydroxyl groups is 1. The largest absolute Gasteiger partial charge is 0.392 e. The molecule has 1 aliphatic carbocycles. The number of nitrogens with zero attached hydrogens (tertiary/aromatic N) is 2. The van der Waals surface area contributed by atoms with Crippen molar-refractivity contribution >= 4 is 30.6 Å². The van der Waals surface area contributed by atoms with E-state index in [0.29, 0.717) is 6.54 Å². The van der Waals surface area contributed by atoms with E-state index in [9.17, 15) is 5.11 Å². The Morgan fingerprint density at radius 2 is 2.30 bits per heavy atom. The number of hydrogen-bond donors (Lipinski definition) is 3. The van der Waals surface area contributed by atoms with E-state index in [2.05, 4.69) is 23.0 Å². The molecule has 20 heavy (non-hydrogen) atoms. The molecule has 6 heteroatoms. The molecule has 1 saturated carbocycles. The molecule has 1 aromatic rings. The highest BCUT2D eigenvalue weighted by Crippen LogP contribution is 2.46. The lowest BCUT2D eigenvalue weighted by atomic mass is 9.62. The molecule has 0 amide bonds. The van der Waals surface area contributed by atoms with Crippen LogP contribution < -0.4 is 5.32 Å². The summed E-state index contributed by atoms with van der Waals surface area (Å²) in [6.07, 6.45) is 3.92. The number of thiol groups is 1. The molecule has 3 unspecified atom stereocenters. The maximum Gasteiger partial charge on any atom is 0.161 e. The fourth-order valence-corrected chi connectivity index (χ4v) is 3.33. The normalized spacial score (nSPS) is 32.0. The van der Waals surface area contributed by atoms with Crippen LogP contribution in [-0.2, 0) is 6.42 Å². The first kappa shape index (κ1) is 14.0. The highest BCUT2D eigenvalue weighted by molar-refractivity contribution is 7.80. The van der Waals surface area contributed by atoms with E-state index < -0.39 is 0 Å². The van der Waals surface area contributed by atoms with E-state index in [0.717, 1.165) is 29.8 Å². The van der Waals surface area contributed by atoms with Gasteiger partial charge in [-0.3, -0.25) is 5.01 Å². The zero-order valence-corrected chi connectivity index (χ0v) is 12.7. The van der Waals surface area contributed by atoms with Gasteiger partial charge in [0.2, 0.25) is 0 Å². The quantitative estimate of drug-likeness (QED) is 0.746. The molecule has 3 rings (SSSR count). The molecule has 0 saturated heterocycles. The van der Waals surface area contributed by atoms with Crippen LogP contribution in [0.15, 0.2) is 29.4 Å². The number of hydrogen-bond acceptors (Lipinski definition) is 5. The highest BCUT2D eigenvalue weighted by atomic mass is 35.5. The summed E-state index contributed by atoms with van der Waals surface area (Å²) in [5.74, 6) is 0. The molecule has 4 nitrogen and oxygen atoms in total. The molecule has 2 aliphatic rings. The van der Waals surface area contributed by atoms with Crippen molar-refractivity contribution in [3.8, 4) is 0 Å². The second-order valence-corrected chi connectivity index (χ2v) is 6.46. The van der Waals surface area contributed by atoms with E-state index in [1.54, 1.807) is 6.34 Å². The van der Waals surface area contributed by atoms with Gasteiger partial charge in [-0.25, -0.2) is 0 Å². The van der Waals surface area contributed by atoms with Crippen LogP contribution in [0.2, 0.25) is 5.02 Å². The monoisotopic (exact) mass is 311 g/mol. The first-order valence-electron chi connectivity index (χ1n) is 6.75. The zero-order valence-electron chi connectivity index (χ0n) is 11.0. The standard InChI is InChI=1S/C14H18ClN3OS/c15-11-4-2-1-3-10(11)7-14(6-5-12(14)19)8-18-13(20)16-9-17-18/h1-4,9,12-13,19-20H,5-8H2,(H,16,17). The summed E-state index contributed by atoms with van der Waals surface area (Å²) in [5, 5.41) is 20.2. The molecule has 1 heterocycles. The molecule has 0 bridgehead atoms. The predicted octanol–water partition coefficient (Wildman–Crippen LogP) is 2.09. The Balaban J connectivity index is 1.78. The van der Waals surface area contributed by atoms with Crippen molar-refractivity contribution in [2.75, 3.05) is 6.54 Å². The maximum atomic E-state index is 10.3. The molecule has 108 valence electrons. The molecule has 2 N–H and O–H groups in total. The minimum Gasteiger partial charge on any atom is -0.392 e. The lowest BCUT2D eigenvalue weighted by Gasteiger charge is -2.49. The topological polar surface area (TPSA) is 47.9 Å². The SMILES string of the molecule is OC1CCC1(Cc1ccccc1Cl)CN1N=CNC1S. The number of aliphatic hydroxyl groups excluding tert-OH is 1. The van der Waals surface area contributed by atoms with Crippen molar-refractivity contribution in [2.24, 2.45) is 10.5 Å². The number of halogens is 1. The molecule has 1 fully saturated rings. The molecule has 1 aliphatic heterocycles. The Hall–Kier alpha value is -0.910. The summed E-state index contributed by atoms with van der Waals surface area (Å²) < 4.78 is 0. The summed E-state index contributed by atoms with van der Waals surface area (Å²) in [6.45, 7) is 0.678. The third kappa shape index (κ3) is 2.50. The molecule has 3 atom stereocenters. The average molecular weight is 312 g/mol.